The van der Waals surface area contributed by atoms with E-state index in [1.54, 1.807) is 19.4 Å². The molecule has 2 aromatic rings. The van der Waals surface area contributed by atoms with Crippen LogP contribution < -0.4 is 15.4 Å². The monoisotopic (exact) mass is 304 g/mol. The SMILES string of the molecule is COc1cnc(-c2ccc(N)c(F)c2)nc1N1CCOCC1. The number of ether oxygens (including phenoxy) is 2. The molecule has 1 aromatic carbocycles. The van der Waals surface area contributed by atoms with Crippen LogP contribution in [0.2, 0.25) is 0 Å². The standard InChI is InChI=1S/C15H17FN4O2/c1-21-13-9-18-14(10-2-3-12(17)11(16)8-10)19-15(13)20-4-6-22-7-5-20/h2-3,8-9H,4-7,17H2,1H3. The van der Waals surface area contributed by atoms with E-state index in [1.807, 2.05) is 0 Å². The normalized spacial score (nSPS) is 14.9. The van der Waals surface area contributed by atoms with Crippen LogP contribution in [0.5, 0.6) is 5.75 Å². The first kappa shape index (κ1) is 14.5. The van der Waals surface area contributed by atoms with Crippen LogP contribution in [0.25, 0.3) is 11.4 Å². The van der Waals surface area contributed by atoms with Crippen LogP contribution in [0.4, 0.5) is 15.9 Å². The first-order chi connectivity index (χ1) is 10.7. The summed E-state index contributed by atoms with van der Waals surface area (Å²) in [4.78, 5) is 10.9. The Labute approximate surface area is 127 Å². The topological polar surface area (TPSA) is 73.5 Å². The van der Waals surface area contributed by atoms with E-state index in [9.17, 15) is 4.39 Å². The van der Waals surface area contributed by atoms with Gasteiger partial charge in [-0.1, -0.05) is 0 Å². The van der Waals surface area contributed by atoms with Gasteiger partial charge in [-0.05, 0) is 18.2 Å². The molecule has 3 rings (SSSR count). The molecule has 0 bridgehead atoms. The van der Waals surface area contributed by atoms with Gasteiger partial charge in [0.25, 0.3) is 0 Å². The van der Waals surface area contributed by atoms with E-state index >= 15 is 0 Å². The summed E-state index contributed by atoms with van der Waals surface area (Å²) in [7, 11) is 1.57. The zero-order valence-corrected chi connectivity index (χ0v) is 12.3. The lowest BCUT2D eigenvalue weighted by molar-refractivity contribution is 0.122. The van der Waals surface area contributed by atoms with Crippen LogP contribution in [-0.2, 0) is 4.74 Å². The largest absolute Gasteiger partial charge is 0.491 e. The van der Waals surface area contributed by atoms with Crippen LogP contribution in [0.3, 0.4) is 0 Å². The Morgan fingerprint density at radius 1 is 1.32 bits per heavy atom. The molecule has 0 atom stereocenters. The third-order valence-electron chi connectivity index (χ3n) is 3.53. The molecule has 0 aliphatic carbocycles. The number of morpholine rings is 1. The van der Waals surface area contributed by atoms with E-state index < -0.39 is 5.82 Å². The maximum Gasteiger partial charge on any atom is 0.179 e. The fourth-order valence-corrected chi connectivity index (χ4v) is 2.31. The van der Waals surface area contributed by atoms with Gasteiger partial charge in [-0.2, -0.15) is 0 Å². The molecular formula is C15H17FN4O2. The first-order valence-corrected chi connectivity index (χ1v) is 6.98. The van der Waals surface area contributed by atoms with Crippen molar-refractivity contribution < 1.29 is 13.9 Å². The smallest absolute Gasteiger partial charge is 0.179 e. The number of halogens is 1. The number of benzene rings is 1. The maximum absolute atomic E-state index is 13.6. The third kappa shape index (κ3) is 2.80. The predicted octanol–water partition coefficient (Wildman–Crippen LogP) is 1.71. The molecule has 0 unspecified atom stereocenters. The van der Waals surface area contributed by atoms with Crippen molar-refractivity contribution in [1.82, 2.24) is 9.97 Å². The minimum absolute atomic E-state index is 0.102. The van der Waals surface area contributed by atoms with Gasteiger partial charge in [0.15, 0.2) is 17.4 Å². The van der Waals surface area contributed by atoms with Gasteiger partial charge in [-0.15, -0.1) is 0 Å². The van der Waals surface area contributed by atoms with E-state index in [4.69, 9.17) is 15.2 Å². The van der Waals surface area contributed by atoms with Crippen molar-refractivity contribution >= 4 is 11.5 Å². The number of hydrogen-bond donors (Lipinski definition) is 1. The lowest BCUT2D eigenvalue weighted by Crippen LogP contribution is -2.37. The van der Waals surface area contributed by atoms with Crippen LogP contribution >= 0.6 is 0 Å². The Hall–Kier alpha value is -2.41. The van der Waals surface area contributed by atoms with Gasteiger partial charge in [0, 0.05) is 18.7 Å². The molecule has 0 radical (unpaired) electrons. The molecule has 2 N–H and O–H groups in total. The molecule has 2 heterocycles. The van der Waals surface area contributed by atoms with Gasteiger partial charge in [-0.25, -0.2) is 14.4 Å². The summed E-state index contributed by atoms with van der Waals surface area (Å²) in [5, 5.41) is 0. The van der Waals surface area contributed by atoms with Crippen LogP contribution in [-0.4, -0.2) is 43.4 Å². The Balaban J connectivity index is 2.00. The quantitative estimate of drug-likeness (QED) is 0.870. The molecule has 1 aliphatic rings. The highest BCUT2D eigenvalue weighted by atomic mass is 19.1. The van der Waals surface area contributed by atoms with Crippen LogP contribution in [0.1, 0.15) is 0 Å². The molecule has 1 aliphatic heterocycles. The van der Waals surface area contributed by atoms with Gasteiger partial charge in [0.2, 0.25) is 0 Å². The Kier molecular flexibility index (Phi) is 4.06. The second kappa shape index (κ2) is 6.15. The Morgan fingerprint density at radius 2 is 2.09 bits per heavy atom. The molecule has 1 fully saturated rings. The van der Waals surface area contributed by atoms with Crippen LogP contribution in [0.15, 0.2) is 24.4 Å². The van der Waals surface area contributed by atoms with E-state index in [1.165, 1.54) is 12.1 Å². The van der Waals surface area contributed by atoms with Crippen molar-refractivity contribution in [2.75, 3.05) is 44.0 Å². The van der Waals surface area contributed by atoms with E-state index in [-0.39, 0.29) is 5.69 Å². The zero-order chi connectivity index (χ0) is 15.5. The van der Waals surface area contributed by atoms with Gasteiger partial charge >= 0.3 is 0 Å². The summed E-state index contributed by atoms with van der Waals surface area (Å²) in [6.45, 7) is 2.73. The molecule has 6 nitrogen and oxygen atoms in total. The molecular weight excluding hydrogens is 287 g/mol. The first-order valence-electron chi connectivity index (χ1n) is 6.98. The molecule has 116 valence electrons. The number of methoxy groups -OCH3 is 1. The fraction of sp³-hybridized carbons (Fsp3) is 0.333. The number of hydrogen-bond acceptors (Lipinski definition) is 6. The van der Waals surface area contributed by atoms with Crippen molar-refractivity contribution in [3.05, 3.63) is 30.2 Å². The van der Waals surface area contributed by atoms with E-state index in [0.29, 0.717) is 36.2 Å². The predicted molar refractivity (Wildman–Crippen MR) is 81.4 cm³/mol. The second-order valence-corrected chi connectivity index (χ2v) is 4.92. The van der Waals surface area contributed by atoms with Crippen molar-refractivity contribution in [1.29, 1.82) is 0 Å². The molecule has 0 amide bonds. The zero-order valence-electron chi connectivity index (χ0n) is 12.3. The minimum atomic E-state index is -0.482. The summed E-state index contributed by atoms with van der Waals surface area (Å²) in [5.74, 6) is 1.22. The number of rotatable bonds is 3. The summed E-state index contributed by atoms with van der Waals surface area (Å²) in [6, 6.07) is 4.54. The summed E-state index contributed by atoms with van der Waals surface area (Å²) in [5.41, 5.74) is 6.18. The fourth-order valence-electron chi connectivity index (χ4n) is 2.31. The van der Waals surface area contributed by atoms with Crippen LogP contribution in [0, 0.1) is 5.82 Å². The number of nitrogens with two attached hydrogens (primary N) is 1. The summed E-state index contributed by atoms with van der Waals surface area (Å²) in [6.07, 6.45) is 1.60. The summed E-state index contributed by atoms with van der Waals surface area (Å²) >= 11 is 0. The number of nitrogens with zero attached hydrogens (tertiary/aromatic N) is 3. The van der Waals surface area contributed by atoms with Crippen molar-refractivity contribution in [2.45, 2.75) is 0 Å². The average molecular weight is 304 g/mol. The minimum Gasteiger partial charge on any atom is -0.491 e. The summed E-state index contributed by atoms with van der Waals surface area (Å²) < 4.78 is 24.3. The highest BCUT2D eigenvalue weighted by molar-refractivity contribution is 5.63. The number of anilines is 2. The van der Waals surface area contributed by atoms with E-state index in [2.05, 4.69) is 14.9 Å². The highest BCUT2D eigenvalue weighted by Crippen LogP contribution is 2.29. The average Bonchev–Trinajstić information content (AvgIpc) is 2.57. The van der Waals surface area contributed by atoms with Crippen molar-refractivity contribution in [3.63, 3.8) is 0 Å². The third-order valence-corrected chi connectivity index (χ3v) is 3.53. The number of aromatic nitrogens is 2. The van der Waals surface area contributed by atoms with Gasteiger partial charge < -0.3 is 20.1 Å². The second-order valence-electron chi connectivity index (χ2n) is 4.92. The number of nitrogen functional groups attached to an aromatic ring is 1. The van der Waals surface area contributed by atoms with Crippen molar-refractivity contribution in [3.8, 4) is 17.1 Å². The Morgan fingerprint density at radius 3 is 2.77 bits per heavy atom. The van der Waals surface area contributed by atoms with Gasteiger partial charge in [-0.3, -0.25) is 0 Å². The maximum atomic E-state index is 13.6. The lowest BCUT2D eigenvalue weighted by Gasteiger charge is -2.28. The molecule has 1 saturated heterocycles. The van der Waals surface area contributed by atoms with Crippen molar-refractivity contribution in [2.24, 2.45) is 0 Å². The lowest BCUT2D eigenvalue weighted by atomic mass is 10.2. The molecule has 1 aromatic heterocycles. The molecule has 0 spiro atoms. The molecule has 22 heavy (non-hydrogen) atoms. The Bertz CT molecular complexity index is 675. The highest BCUT2D eigenvalue weighted by Gasteiger charge is 2.19. The van der Waals surface area contributed by atoms with Gasteiger partial charge in [0.1, 0.15) is 5.82 Å². The molecule has 7 heteroatoms. The van der Waals surface area contributed by atoms with E-state index in [0.717, 1.165) is 13.1 Å². The molecule has 0 saturated carbocycles. The van der Waals surface area contributed by atoms with Gasteiger partial charge in [0.05, 0.1) is 32.2 Å².